The molecule has 20 heavy (non-hydrogen) atoms. The van der Waals surface area contributed by atoms with Crippen LogP contribution in [0.2, 0.25) is 0 Å². The fourth-order valence-corrected chi connectivity index (χ4v) is 1.85. The minimum atomic E-state index is -0.383. The predicted octanol–water partition coefficient (Wildman–Crippen LogP) is 2.55. The van der Waals surface area contributed by atoms with Crippen LogP contribution in [0.5, 0.6) is 0 Å². The summed E-state index contributed by atoms with van der Waals surface area (Å²) >= 11 is 0. The fraction of sp³-hybridized carbons (Fsp3) is 0. The Balaban J connectivity index is 1.78. The molecule has 0 saturated carbocycles. The second-order valence-corrected chi connectivity index (χ2v) is 4.19. The van der Waals surface area contributed by atoms with E-state index in [-0.39, 0.29) is 5.91 Å². The minimum absolute atomic E-state index is 0.383. The molecule has 0 fully saturated rings. The number of para-hydroxylation sites is 1. The zero-order valence-electron chi connectivity index (χ0n) is 10.6. The van der Waals surface area contributed by atoms with Crippen molar-refractivity contribution >= 4 is 22.6 Å². The number of aromatic amines is 1. The lowest BCUT2D eigenvalue weighted by Gasteiger charge is -1.95. The van der Waals surface area contributed by atoms with Crippen LogP contribution in [0.3, 0.4) is 0 Å². The van der Waals surface area contributed by atoms with Crippen molar-refractivity contribution in [2.24, 2.45) is 0 Å². The number of carbonyl (C=O) groups excluding carboxylic acids is 1. The van der Waals surface area contributed by atoms with Crippen LogP contribution in [0.15, 0.2) is 54.6 Å². The van der Waals surface area contributed by atoms with E-state index in [1.54, 1.807) is 0 Å². The summed E-state index contributed by atoms with van der Waals surface area (Å²) in [5.74, 6) is 5.46. The lowest BCUT2D eigenvalue weighted by Crippen LogP contribution is -2.09. The highest BCUT2D eigenvalue weighted by Crippen LogP contribution is 2.19. The first-order valence-corrected chi connectivity index (χ1v) is 6.14. The third-order valence-electron chi connectivity index (χ3n) is 2.80. The van der Waals surface area contributed by atoms with Crippen LogP contribution in [-0.4, -0.2) is 16.1 Å². The SMILES string of the molecule is O=C(C#Cc1ccccc1)Nc1n[nH]c2ccccc12. The van der Waals surface area contributed by atoms with Crippen LogP contribution < -0.4 is 5.32 Å². The number of H-pyrrole nitrogens is 1. The third-order valence-corrected chi connectivity index (χ3v) is 2.80. The summed E-state index contributed by atoms with van der Waals surface area (Å²) in [6, 6.07) is 16.9. The van der Waals surface area contributed by atoms with Gasteiger partial charge in [-0.15, -0.1) is 0 Å². The largest absolute Gasteiger partial charge is 0.301 e. The van der Waals surface area contributed by atoms with E-state index >= 15 is 0 Å². The standard InChI is InChI=1S/C16H11N3O/c20-15(11-10-12-6-2-1-3-7-12)17-16-13-8-4-5-9-14(13)18-19-16/h1-9H,(H2,17,18,19,20). The molecule has 0 radical (unpaired) electrons. The summed E-state index contributed by atoms with van der Waals surface area (Å²) in [5, 5.41) is 10.5. The Labute approximate surface area is 115 Å². The van der Waals surface area contributed by atoms with Crippen LogP contribution in [-0.2, 0) is 4.79 Å². The smallest absolute Gasteiger partial charge is 0.298 e. The zero-order chi connectivity index (χ0) is 13.8. The van der Waals surface area contributed by atoms with E-state index in [0.29, 0.717) is 5.82 Å². The number of anilines is 1. The highest BCUT2D eigenvalue weighted by molar-refractivity contribution is 6.07. The van der Waals surface area contributed by atoms with Crippen molar-refractivity contribution in [3.63, 3.8) is 0 Å². The molecule has 0 saturated heterocycles. The number of carbonyl (C=O) groups is 1. The number of fused-ring (bicyclic) bond motifs is 1. The Bertz CT molecular complexity index is 810. The monoisotopic (exact) mass is 261 g/mol. The minimum Gasteiger partial charge on any atom is -0.298 e. The third kappa shape index (κ3) is 2.52. The Morgan fingerprint density at radius 3 is 2.65 bits per heavy atom. The van der Waals surface area contributed by atoms with Gasteiger partial charge in [0.25, 0.3) is 0 Å². The normalized spacial score (nSPS) is 9.80. The first-order valence-electron chi connectivity index (χ1n) is 6.14. The van der Waals surface area contributed by atoms with Gasteiger partial charge in [-0.05, 0) is 24.3 Å². The van der Waals surface area contributed by atoms with Gasteiger partial charge in [-0.1, -0.05) is 36.3 Å². The van der Waals surface area contributed by atoms with Crippen molar-refractivity contribution in [2.75, 3.05) is 5.32 Å². The summed E-state index contributed by atoms with van der Waals surface area (Å²) in [6.07, 6.45) is 0. The van der Waals surface area contributed by atoms with Crippen molar-refractivity contribution in [3.8, 4) is 11.8 Å². The number of aromatic nitrogens is 2. The first kappa shape index (κ1) is 12.0. The van der Waals surface area contributed by atoms with Gasteiger partial charge in [0.15, 0.2) is 5.82 Å². The summed E-state index contributed by atoms with van der Waals surface area (Å²) in [5.41, 5.74) is 1.67. The van der Waals surface area contributed by atoms with Crippen molar-refractivity contribution in [1.82, 2.24) is 10.2 Å². The highest BCUT2D eigenvalue weighted by Gasteiger charge is 2.06. The number of hydrogen-bond acceptors (Lipinski definition) is 2. The van der Waals surface area contributed by atoms with Gasteiger partial charge in [0.2, 0.25) is 0 Å². The molecule has 96 valence electrons. The van der Waals surface area contributed by atoms with Gasteiger partial charge >= 0.3 is 5.91 Å². The molecule has 1 heterocycles. The van der Waals surface area contributed by atoms with E-state index in [1.807, 2.05) is 54.6 Å². The van der Waals surface area contributed by atoms with Crippen LogP contribution in [0.1, 0.15) is 5.56 Å². The maximum Gasteiger partial charge on any atom is 0.301 e. The Hall–Kier alpha value is -3.06. The molecule has 0 aliphatic carbocycles. The molecule has 3 aromatic rings. The van der Waals surface area contributed by atoms with Gasteiger partial charge in [-0.2, -0.15) is 5.10 Å². The molecule has 0 atom stereocenters. The number of nitrogens with one attached hydrogen (secondary N) is 2. The molecule has 3 rings (SSSR count). The number of nitrogens with zero attached hydrogens (tertiary/aromatic N) is 1. The lowest BCUT2D eigenvalue weighted by molar-refractivity contribution is -0.111. The van der Waals surface area contributed by atoms with Crippen molar-refractivity contribution in [1.29, 1.82) is 0 Å². The summed E-state index contributed by atoms with van der Waals surface area (Å²) in [4.78, 5) is 11.8. The van der Waals surface area contributed by atoms with Crippen LogP contribution >= 0.6 is 0 Å². The molecule has 0 bridgehead atoms. The quantitative estimate of drug-likeness (QED) is 0.661. The van der Waals surface area contributed by atoms with E-state index in [1.165, 1.54) is 0 Å². The van der Waals surface area contributed by atoms with E-state index in [4.69, 9.17) is 0 Å². The predicted molar refractivity (Wildman–Crippen MR) is 78.0 cm³/mol. The van der Waals surface area contributed by atoms with Crippen molar-refractivity contribution in [3.05, 3.63) is 60.2 Å². The molecule has 1 amide bonds. The average Bonchev–Trinajstić information content (AvgIpc) is 2.90. The number of benzene rings is 2. The molecule has 2 aromatic carbocycles. The van der Waals surface area contributed by atoms with E-state index in [0.717, 1.165) is 16.5 Å². The molecule has 0 aliphatic heterocycles. The summed E-state index contributed by atoms with van der Waals surface area (Å²) in [7, 11) is 0. The molecule has 4 nitrogen and oxygen atoms in total. The van der Waals surface area contributed by atoms with E-state index in [2.05, 4.69) is 27.4 Å². The van der Waals surface area contributed by atoms with Gasteiger partial charge in [0.05, 0.1) is 5.52 Å². The number of rotatable bonds is 1. The maximum absolute atomic E-state index is 11.8. The molecular formula is C16H11N3O. The van der Waals surface area contributed by atoms with Gasteiger partial charge in [-0.25, -0.2) is 0 Å². The Morgan fingerprint density at radius 1 is 1.05 bits per heavy atom. The lowest BCUT2D eigenvalue weighted by atomic mass is 10.2. The van der Waals surface area contributed by atoms with E-state index in [9.17, 15) is 4.79 Å². The second-order valence-electron chi connectivity index (χ2n) is 4.19. The Morgan fingerprint density at radius 2 is 1.80 bits per heavy atom. The molecular weight excluding hydrogens is 250 g/mol. The molecule has 0 aliphatic rings. The zero-order valence-corrected chi connectivity index (χ0v) is 10.6. The second kappa shape index (κ2) is 5.29. The van der Waals surface area contributed by atoms with Crippen molar-refractivity contribution < 1.29 is 4.79 Å². The molecule has 1 aromatic heterocycles. The maximum atomic E-state index is 11.8. The number of amides is 1. The summed E-state index contributed by atoms with van der Waals surface area (Å²) in [6.45, 7) is 0. The van der Waals surface area contributed by atoms with Crippen LogP contribution in [0.4, 0.5) is 5.82 Å². The van der Waals surface area contributed by atoms with Crippen LogP contribution in [0, 0.1) is 11.8 Å². The van der Waals surface area contributed by atoms with Gasteiger partial charge in [-0.3, -0.25) is 15.2 Å². The first-order chi connectivity index (χ1) is 9.83. The Kier molecular flexibility index (Phi) is 3.17. The molecule has 0 spiro atoms. The van der Waals surface area contributed by atoms with Crippen LogP contribution in [0.25, 0.3) is 10.9 Å². The van der Waals surface area contributed by atoms with Gasteiger partial charge < -0.3 is 0 Å². The molecule has 0 unspecified atom stereocenters. The fourth-order valence-electron chi connectivity index (χ4n) is 1.85. The highest BCUT2D eigenvalue weighted by atomic mass is 16.1. The van der Waals surface area contributed by atoms with E-state index < -0.39 is 0 Å². The van der Waals surface area contributed by atoms with Gasteiger partial charge in [0.1, 0.15) is 0 Å². The number of hydrogen-bond donors (Lipinski definition) is 2. The van der Waals surface area contributed by atoms with Crippen molar-refractivity contribution in [2.45, 2.75) is 0 Å². The topological polar surface area (TPSA) is 57.8 Å². The van der Waals surface area contributed by atoms with Gasteiger partial charge in [0, 0.05) is 16.9 Å². The molecule has 2 N–H and O–H groups in total. The molecule has 4 heteroatoms. The average molecular weight is 261 g/mol. The summed E-state index contributed by atoms with van der Waals surface area (Å²) < 4.78 is 0.